The van der Waals surface area contributed by atoms with Crippen LogP contribution in [0.4, 0.5) is 5.82 Å². The lowest BCUT2D eigenvalue weighted by molar-refractivity contribution is 0.468. The number of H-pyrrole nitrogens is 1. The van der Waals surface area contributed by atoms with Gasteiger partial charge in [0.15, 0.2) is 5.82 Å². The van der Waals surface area contributed by atoms with Gasteiger partial charge < -0.3 is 0 Å². The number of hydrogen-bond donors (Lipinski definition) is 1. The summed E-state index contributed by atoms with van der Waals surface area (Å²) >= 11 is 1.64. The molecular weight excluding hydrogens is 310 g/mol. The van der Waals surface area contributed by atoms with E-state index in [1.807, 2.05) is 36.5 Å². The predicted molar refractivity (Wildman–Crippen MR) is 92.7 cm³/mol. The second-order valence-electron chi connectivity index (χ2n) is 6.46. The average molecular weight is 331 g/mol. The molecule has 0 unspecified atom stereocenters. The Hall–Kier alpha value is -1.76. The molecule has 1 atom stereocenters. The fourth-order valence-electron chi connectivity index (χ4n) is 3.73. The summed E-state index contributed by atoms with van der Waals surface area (Å²) in [5.41, 5.74) is 2.84. The van der Waals surface area contributed by atoms with Crippen molar-refractivity contribution in [1.82, 2.24) is 19.6 Å². The van der Waals surface area contributed by atoms with Gasteiger partial charge in [-0.15, -0.1) is 0 Å². The zero-order valence-electron chi connectivity index (χ0n) is 13.7. The minimum atomic E-state index is -0.0254. The van der Waals surface area contributed by atoms with Crippen molar-refractivity contribution in [1.29, 1.82) is 0 Å². The summed E-state index contributed by atoms with van der Waals surface area (Å²) in [7, 11) is 1.92. The summed E-state index contributed by atoms with van der Waals surface area (Å²) in [6.07, 6.45) is 6.71. The van der Waals surface area contributed by atoms with Gasteiger partial charge in [-0.25, -0.2) is 4.99 Å². The van der Waals surface area contributed by atoms with Crippen LogP contribution in [-0.2, 0) is 7.05 Å². The second kappa shape index (κ2) is 5.40. The van der Waals surface area contributed by atoms with E-state index in [0.29, 0.717) is 6.04 Å². The van der Waals surface area contributed by atoms with Crippen molar-refractivity contribution in [2.45, 2.75) is 50.8 Å². The summed E-state index contributed by atoms with van der Waals surface area (Å²) in [5, 5.41) is 8.47. The van der Waals surface area contributed by atoms with E-state index < -0.39 is 0 Å². The van der Waals surface area contributed by atoms with Crippen molar-refractivity contribution in [2.75, 3.05) is 0 Å². The first-order valence-corrected chi connectivity index (χ1v) is 8.99. The molecule has 2 aromatic rings. The second-order valence-corrected chi connectivity index (χ2v) is 7.76. The molecule has 1 N–H and O–H groups in total. The summed E-state index contributed by atoms with van der Waals surface area (Å²) in [6.45, 7) is 4.02. The molecule has 0 aromatic carbocycles. The molecule has 1 saturated carbocycles. The summed E-state index contributed by atoms with van der Waals surface area (Å²) in [5.74, 6) is 0.825. The normalized spacial score (nSPS) is 21.5. The molecule has 23 heavy (non-hydrogen) atoms. The smallest absolute Gasteiger partial charge is 0.271 e. The number of nitrogens with one attached hydrogen (secondary N) is 1. The molecule has 1 aliphatic carbocycles. The maximum absolute atomic E-state index is 12.7. The van der Waals surface area contributed by atoms with Crippen molar-refractivity contribution < 1.29 is 0 Å². The third kappa shape index (κ3) is 2.38. The zero-order valence-corrected chi connectivity index (χ0v) is 14.5. The number of aliphatic imine (C=N–C) groups is 1. The van der Waals surface area contributed by atoms with E-state index in [9.17, 15) is 4.79 Å². The first-order chi connectivity index (χ1) is 11.0. The Morgan fingerprint density at radius 1 is 1.30 bits per heavy atom. The average Bonchev–Trinajstić information content (AvgIpc) is 3.18. The first kappa shape index (κ1) is 14.8. The van der Waals surface area contributed by atoms with Crippen LogP contribution < -0.4 is 5.56 Å². The van der Waals surface area contributed by atoms with E-state index in [2.05, 4.69) is 10.2 Å². The number of fused-ring (bicyclic) bond motifs is 1. The summed E-state index contributed by atoms with van der Waals surface area (Å²) < 4.78 is 3.83. The van der Waals surface area contributed by atoms with E-state index >= 15 is 0 Å². The Labute approximate surface area is 139 Å². The molecule has 1 fully saturated rings. The van der Waals surface area contributed by atoms with E-state index in [0.717, 1.165) is 40.5 Å². The van der Waals surface area contributed by atoms with Gasteiger partial charge in [-0.2, -0.15) is 5.10 Å². The fraction of sp³-hybridized carbons (Fsp3) is 0.562. The first-order valence-electron chi connectivity index (χ1n) is 8.11. The largest absolute Gasteiger partial charge is 0.275 e. The molecule has 0 spiro atoms. The molecule has 2 aromatic heterocycles. The lowest BCUT2D eigenvalue weighted by atomic mass is 10.1. The molecule has 122 valence electrons. The molecule has 4 rings (SSSR count). The standard InChI is InChI=1S/C16H21N5OS/c1-9-12(8-20(3)18-9)14-13-15(17-10(2)23-14)21(19-16(13)22)11-6-4-5-7-11/h8,11,14H,4-7H2,1-3H3,(H,19,22)/t14-/m0/s1. The molecule has 0 amide bonds. The zero-order chi connectivity index (χ0) is 16.1. The SMILES string of the molecule is CC1=Nc2c(c(=O)[nH]n2C2CCCC2)[C@H](c2cn(C)nc2C)S1. The van der Waals surface area contributed by atoms with Crippen LogP contribution in [0.2, 0.25) is 0 Å². The quantitative estimate of drug-likeness (QED) is 0.918. The van der Waals surface area contributed by atoms with Gasteiger partial charge >= 0.3 is 0 Å². The van der Waals surface area contributed by atoms with Crippen LogP contribution in [0.1, 0.15) is 60.7 Å². The molecule has 3 heterocycles. The number of aromatic nitrogens is 4. The Kier molecular flexibility index (Phi) is 3.48. The molecule has 2 aliphatic rings. The number of thioether (sulfide) groups is 1. The van der Waals surface area contributed by atoms with Crippen molar-refractivity contribution >= 4 is 22.6 Å². The topological polar surface area (TPSA) is 68.0 Å². The van der Waals surface area contributed by atoms with Crippen molar-refractivity contribution in [3.63, 3.8) is 0 Å². The van der Waals surface area contributed by atoms with Crippen LogP contribution in [0.15, 0.2) is 16.0 Å². The van der Waals surface area contributed by atoms with E-state index in [-0.39, 0.29) is 10.8 Å². The Balaban J connectivity index is 1.87. The Morgan fingerprint density at radius 3 is 2.70 bits per heavy atom. The third-order valence-corrected chi connectivity index (χ3v) is 5.93. The van der Waals surface area contributed by atoms with Gasteiger partial charge in [-0.1, -0.05) is 24.6 Å². The molecular formula is C16H21N5OS. The highest BCUT2D eigenvalue weighted by atomic mass is 32.2. The van der Waals surface area contributed by atoms with Gasteiger partial charge in [0.25, 0.3) is 5.56 Å². The van der Waals surface area contributed by atoms with Crippen LogP contribution >= 0.6 is 11.8 Å². The highest BCUT2D eigenvalue weighted by Crippen LogP contribution is 2.45. The van der Waals surface area contributed by atoms with Gasteiger partial charge in [0.05, 0.1) is 27.6 Å². The molecule has 1 aliphatic heterocycles. The summed E-state index contributed by atoms with van der Waals surface area (Å²) in [4.78, 5) is 17.4. The number of aromatic amines is 1. The van der Waals surface area contributed by atoms with Gasteiger partial charge in [0.2, 0.25) is 0 Å². The number of hydrogen-bond acceptors (Lipinski definition) is 4. The van der Waals surface area contributed by atoms with Crippen molar-refractivity contribution in [2.24, 2.45) is 12.0 Å². The van der Waals surface area contributed by atoms with E-state index in [1.54, 1.807) is 11.8 Å². The fourth-order valence-corrected chi connectivity index (χ4v) is 4.90. The minimum Gasteiger partial charge on any atom is -0.275 e. The molecule has 0 bridgehead atoms. The Morgan fingerprint density at radius 2 is 2.04 bits per heavy atom. The van der Waals surface area contributed by atoms with Gasteiger partial charge in [0, 0.05) is 18.8 Å². The predicted octanol–water partition coefficient (Wildman–Crippen LogP) is 3.22. The highest BCUT2D eigenvalue weighted by Gasteiger charge is 2.33. The molecule has 7 heteroatoms. The maximum atomic E-state index is 12.7. The van der Waals surface area contributed by atoms with Crippen LogP contribution in [0, 0.1) is 6.92 Å². The van der Waals surface area contributed by atoms with Gasteiger partial charge in [-0.05, 0) is 26.7 Å². The monoisotopic (exact) mass is 331 g/mol. The van der Waals surface area contributed by atoms with Crippen LogP contribution in [0.5, 0.6) is 0 Å². The van der Waals surface area contributed by atoms with Crippen LogP contribution in [0.25, 0.3) is 0 Å². The van der Waals surface area contributed by atoms with Crippen LogP contribution in [0.3, 0.4) is 0 Å². The maximum Gasteiger partial charge on any atom is 0.271 e. The highest BCUT2D eigenvalue weighted by molar-refractivity contribution is 8.14. The van der Waals surface area contributed by atoms with E-state index in [1.165, 1.54) is 12.8 Å². The number of aryl methyl sites for hydroxylation is 2. The van der Waals surface area contributed by atoms with Gasteiger partial charge in [0.1, 0.15) is 0 Å². The Bertz CT molecular complexity index is 837. The lowest BCUT2D eigenvalue weighted by Crippen LogP contribution is -2.13. The van der Waals surface area contributed by atoms with Crippen molar-refractivity contribution in [3.8, 4) is 0 Å². The van der Waals surface area contributed by atoms with E-state index in [4.69, 9.17) is 4.99 Å². The third-order valence-electron chi connectivity index (χ3n) is 4.77. The van der Waals surface area contributed by atoms with Gasteiger partial charge in [-0.3, -0.25) is 19.3 Å². The lowest BCUT2D eigenvalue weighted by Gasteiger charge is -2.21. The van der Waals surface area contributed by atoms with Crippen molar-refractivity contribution in [3.05, 3.63) is 33.4 Å². The molecule has 0 saturated heterocycles. The minimum absolute atomic E-state index is 0.0103. The number of nitrogens with zero attached hydrogens (tertiary/aromatic N) is 4. The number of rotatable bonds is 2. The molecule has 6 nitrogen and oxygen atoms in total. The summed E-state index contributed by atoms with van der Waals surface area (Å²) in [6, 6.07) is 0.377. The van der Waals surface area contributed by atoms with Crippen LogP contribution in [-0.4, -0.2) is 24.6 Å². The molecule has 0 radical (unpaired) electrons.